The summed E-state index contributed by atoms with van der Waals surface area (Å²) in [5.41, 5.74) is 7.75. The number of fused-ring (bicyclic) bond motifs is 2. The lowest BCUT2D eigenvalue weighted by Crippen LogP contribution is -2.36. The van der Waals surface area contributed by atoms with Crippen molar-refractivity contribution < 1.29 is 19.4 Å². The number of aromatic nitrogens is 3. The van der Waals surface area contributed by atoms with Crippen LogP contribution in [-0.4, -0.2) is 62.9 Å². The van der Waals surface area contributed by atoms with Gasteiger partial charge in [0.25, 0.3) is 5.91 Å². The van der Waals surface area contributed by atoms with Gasteiger partial charge in [-0.05, 0) is 59.8 Å². The molecule has 9 nitrogen and oxygen atoms in total. The molecule has 0 bridgehead atoms. The number of carbonyl (C=O) groups is 1. The third kappa shape index (κ3) is 4.56. The molecule has 2 aromatic heterocycles. The van der Waals surface area contributed by atoms with Crippen molar-refractivity contribution in [3.05, 3.63) is 28.9 Å². The largest absolute Gasteiger partial charge is 0.486 e. The lowest BCUT2D eigenvalue weighted by Gasteiger charge is -2.20. The maximum Gasteiger partial charge on any atom is 0.251 e. The number of nitrogen functional groups attached to an aromatic ring is 1. The van der Waals surface area contributed by atoms with Gasteiger partial charge in [-0.1, -0.05) is 11.8 Å². The molecule has 2 aliphatic rings. The van der Waals surface area contributed by atoms with Gasteiger partial charge in [-0.2, -0.15) is 0 Å². The van der Waals surface area contributed by atoms with Crippen LogP contribution in [0.1, 0.15) is 19.8 Å². The Balaban J connectivity index is 1.40. The first-order chi connectivity index (χ1) is 16.4. The molecule has 1 aromatic carbocycles. The second-order valence-corrected chi connectivity index (χ2v) is 10.4. The Morgan fingerprint density at radius 1 is 1.35 bits per heavy atom. The van der Waals surface area contributed by atoms with Gasteiger partial charge in [0, 0.05) is 35.2 Å². The summed E-state index contributed by atoms with van der Waals surface area (Å²) >= 11 is 5.18. The van der Waals surface area contributed by atoms with Crippen molar-refractivity contribution in [2.45, 2.75) is 42.5 Å². The fourth-order valence-electron chi connectivity index (χ4n) is 4.41. The van der Waals surface area contributed by atoms with Crippen LogP contribution in [0, 0.1) is 5.92 Å². The Labute approximate surface area is 209 Å². The second-order valence-electron chi connectivity index (χ2n) is 8.54. The van der Waals surface area contributed by atoms with Crippen LogP contribution in [0.15, 0.2) is 38.9 Å². The van der Waals surface area contributed by atoms with Gasteiger partial charge in [-0.3, -0.25) is 4.79 Å². The molecule has 4 heterocycles. The van der Waals surface area contributed by atoms with E-state index in [0.717, 1.165) is 50.9 Å². The molecule has 0 spiro atoms. The van der Waals surface area contributed by atoms with Gasteiger partial charge in [0.1, 0.15) is 24.8 Å². The van der Waals surface area contributed by atoms with Crippen molar-refractivity contribution in [2.24, 2.45) is 5.92 Å². The molecular weight excluding hydrogens is 522 g/mol. The average Bonchev–Trinajstić information content (AvgIpc) is 3.43. The highest BCUT2D eigenvalue weighted by Gasteiger charge is 2.28. The number of hydrogen-bond acceptors (Lipinski definition) is 8. The Kier molecular flexibility index (Phi) is 6.59. The van der Waals surface area contributed by atoms with Crippen LogP contribution in [-0.2, 0) is 11.3 Å². The fraction of sp³-hybridized carbons (Fsp3) is 0.435. The van der Waals surface area contributed by atoms with Crippen LogP contribution in [0.2, 0.25) is 0 Å². The zero-order valence-electron chi connectivity index (χ0n) is 18.7. The SMILES string of the molecule is C[C@H](O)C(=O)N1CCC(CCn2c(Sc3cc4c(cc3Br)OCCO4)nc3c(N)nccc32)C1. The molecule has 1 amide bonds. The third-order valence-electron chi connectivity index (χ3n) is 6.17. The fourth-order valence-corrected chi connectivity index (χ4v) is 5.93. The smallest absolute Gasteiger partial charge is 0.251 e. The third-order valence-corrected chi connectivity index (χ3v) is 8.14. The predicted octanol–water partition coefficient (Wildman–Crippen LogP) is 3.32. The molecule has 180 valence electrons. The molecular formula is C23H26BrN5O4S. The highest BCUT2D eigenvalue weighted by molar-refractivity contribution is 9.10. The summed E-state index contributed by atoms with van der Waals surface area (Å²) < 4.78 is 14.5. The minimum Gasteiger partial charge on any atom is -0.486 e. The lowest BCUT2D eigenvalue weighted by molar-refractivity contribution is -0.138. The van der Waals surface area contributed by atoms with Crippen LogP contribution in [0.3, 0.4) is 0 Å². The number of pyridine rings is 1. The van der Waals surface area contributed by atoms with E-state index in [0.29, 0.717) is 43.6 Å². The number of likely N-dealkylation sites (tertiary alicyclic amines) is 1. The van der Waals surface area contributed by atoms with E-state index in [-0.39, 0.29) is 5.91 Å². The summed E-state index contributed by atoms with van der Waals surface area (Å²) in [4.78, 5) is 23.9. The number of amides is 1. The number of nitrogens with zero attached hydrogens (tertiary/aromatic N) is 4. The number of aliphatic hydroxyl groups excluding tert-OH is 1. The summed E-state index contributed by atoms with van der Waals surface area (Å²) in [6, 6.07) is 5.82. The maximum atomic E-state index is 12.1. The van der Waals surface area contributed by atoms with Crippen molar-refractivity contribution in [1.82, 2.24) is 19.4 Å². The number of nitrogens with two attached hydrogens (primary N) is 1. The minimum atomic E-state index is -0.959. The molecule has 0 radical (unpaired) electrons. The second kappa shape index (κ2) is 9.63. The zero-order chi connectivity index (χ0) is 23.8. The summed E-state index contributed by atoms with van der Waals surface area (Å²) in [5, 5.41) is 10.4. The summed E-state index contributed by atoms with van der Waals surface area (Å²) in [6.45, 7) is 4.65. The number of aryl methyl sites for hydroxylation is 1. The first kappa shape index (κ1) is 23.3. The Bertz CT molecular complexity index is 1230. The number of carbonyl (C=O) groups excluding carboxylic acids is 1. The topological polar surface area (TPSA) is 116 Å². The number of anilines is 1. The van der Waals surface area contributed by atoms with Crippen LogP contribution >= 0.6 is 27.7 Å². The first-order valence-corrected chi connectivity index (χ1v) is 12.9. The molecule has 2 atom stereocenters. The highest BCUT2D eigenvalue weighted by atomic mass is 79.9. The number of aliphatic hydroxyl groups is 1. The van der Waals surface area contributed by atoms with E-state index in [1.807, 2.05) is 18.2 Å². The van der Waals surface area contributed by atoms with E-state index in [4.69, 9.17) is 20.2 Å². The first-order valence-electron chi connectivity index (χ1n) is 11.2. The summed E-state index contributed by atoms with van der Waals surface area (Å²) in [5.74, 6) is 2.00. The zero-order valence-corrected chi connectivity index (χ0v) is 21.1. The van der Waals surface area contributed by atoms with Crippen molar-refractivity contribution in [3.8, 4) is 11.5 Å². The van der Waals surface area contributed by atoms with Gasteiger partial charge in [-0.25, -0.2) is 9.97 Å². The maximum absolute atomic E-state index is 12.1. The van der Waals surface area contributed by atoms with E-state index in [1.165, 1.54) is 18.7 Å². The molecule has 0 aliphatic carbocycles. The number of rotatable bonds is 6. The van der Waals surface area contributed by atoms with Crippen molar-refractivity contribution in [2.75, 3.05) is 32.0 Å². The van der Waals surface area contributed by atoms with E-state index in [9.17, 15) is 9.90 Å². The normalized spacial score (nSPS) is 18.4. The van der Waals surface area contributed by atoms with Gasteiger partial charge in [0.15, 0.2) is 22.5 Å². The standard InChI is InChI=1S/C23H26BrN5O4S/c1-13(30)22(31)28-6-3-14(12-28)4-7-29-16-2-5-26-21(25)20(16)27-23(29)34-19-11-18-17(10-15(19)24)32-8-9-33-18/h2,5,10-11,13-14,30H,3-4,6-9,12H2,1H3,(H2,25,26)/t13-,14?/m0/s1. The van der Waals surface area contributed by atoms with Gasteiger partial charge in [-0.15, -0.1) is 0 Å². The Morgan fingerprint density at radius 2 is 2.12 bits per heavy atom. The molecule has 1 unspecified atom stereocenters. The number of ether oxygens (including phenoxy) is 2. The molecule has 34 heavy (non-hydrogen) atoms. The molecule has 0 saturated carbocycles. The number of imidazole rings is 1. The van der Waals surface area contributed by atoms with Crippen molar-refractivity contribution >= 4 is 50.5 Å². The summed E-state index contributed by atoms with van der Waals surface area (Å²) in [6.07, 6.45) is 2.54. The molecule has 5 rings (SSSR count). The van der Waals surface area contributed by atoms with Gasteiger partial charge >= 0.3 is 0 Å². The number of benzene rings is 1. The van der Waals surface area contributed by atoms with Gasteiger partial charge in [0.2, 0.25) is 0 Å². The van der Waals surface area contributed by atoms with Gasteiger partial charge in [0.05, 0.1) is 5.52 Å². The van der Waals surface area contributed by atoms with Crippen molar-refractivity contribution in [3.63, 3.8) is 0 Å². The Morgan fingerprint density at radius 3 is 2.88 bits per heavy atom. The molecule has 3 N–H and O–H groups in total. The molecule has 11 heteroatoms. The monoisotopic (exact) mass is 547 g/mol. The average molecular weight is 548 g/mol. The minimum absolute atomic E-state index is 0.200. The van der Waals surface area contributed by atoms with Gasteiger partial charge < -0.3 is 29.8 Å². The molecule has 2 aliphatic heterocycles. The van der Waals surface area contributed by atoms with Crippen LogP contribution in [0.5, 0.6) is 11.5 Å². The molecule has 1 saturated heterocycles. The van der Waals surface area contributed by atoms with E-state index < -0.39 is 6.10 Å². The quantitative estimate of drug-likeness (QED) is 0.482. The van der Waals surface area contributed by atoms with Crippen molar-refractivity contribution in [1.29, 1.82) is 0 Å². The van der Waals surface area contributed by atoms with E-state index >= 15 is 0 Å². The van der Waals surface area contributed by atoms with E-state index in [1.54, 1.807) is 11.1 Å². The van der Waals surface area contributed by atoms with Crippen LogP contribution in [0.25, 0.3) is 11.0 Å². The van der Waals surface area contributed by atoms with Crippen LogP contribution < -0.4 is 15.2 Å². The molecule has 1 fully saturated rings. The number of halogens is 1. The molecule has 3 aromatic rings. The highest BCUT2D eigenvalue weighted by Crippen LogP contribution is 2.42. The predicted molar refractivity (Wildman–Crippen MR) is 132 cm³/mol. The Hall–Kier alpha value is -2.50. The summed E-state index contributed by atoms with van der Waals surface area (Å²) in [7, 11) is 0. The van der Waals surface area contributed by atoms with Crippen LogP contribution in [0.4, 0.5) is 5.82 Å². The van der Waals surface area contributed by atoms with E-state index in [2.05, 4.69) is 25.5 Å². The number of hydrogen-bond donors (Lipinski definition) is 2. The lowest BCUT2D eigenvalue weighted by atomic mass is 10.1.